The van der Waals surface area contributed by atoms with Crippen LogP contribution in [-0.2, 0) is 4.79 Å². The summed E-state index contributed by atoms with van der Waals surface area (Å²) >= 11 is 1.42. The zero-order chi connectivity index (χ0) is 23.2. The molecule has 174 valence electrons. The number of rotatable bonds is 8. The highest BCUT2D eigenvalue weighted by molar-refractivity contribution is 8.00. The summed E-state index contributed by atoms with van der Waals surface area (Å²) in [6, 6.07) is 11.9. The number of carbonyl (C=O) groups is 1. The second-order valence-electron chi connectivity index (χ2n) is 8.45. The van der Waals surface area contributed by atoms with E-state index in [1.165, 1.54) is 31.0 Å². The molecule has 8 heteroatoms. The minimum atomic E-state index is -0.300. The Labute approximate surface area is 199 Å². The molecule has 0 aliphatic heterocycles. The fourth-order valence-corrected chi connectivity index (χ4v) is 5.04. The van der Waals surface area contributed by atoms with Crippen molar-refractivity contribution in [3.8, 4) is 22.8 Å². The molecule has 2 aromatic heterocycles. The number of pyridine rings is 1. The maximum absolute atomic E-state index is 13.0. The van der Waals surface area contributed by atoms with Crippen LogP contribution >= 0.6 is 11.8 Å². The Morgan fingerprint density at radius 2 is 2.00 bits per heavy atom. The lowest BCUT2D eigenvalue weighted by atomic mass is 9.86. The van der Waals surface area contributed by atoms with Crippen molar-refractivity contribution in [2.75, 3.05) is 6.61 Å². The number of hydrogen-bond acceptors (Lipinski definition) is 6. The molecule has 2 heterocycles. The molecule has 7 nitrogen and oxygen atoms in total. The average molecular weight is 466 g/mol. The Balaban J connectivity index is 1.59. The van der Waals surface area contributed by atoms with Crippen LogP contribution in [0.25, 0.3) is 17.1 Å². The first-order valence-corrected chi connectivity index (χ1v) is 12.5. The van der Waals surface area contributed by atoms with E-state index >= 15 is 0 Å². The van der Waals surface area contributed by atoms with Crippen LogP contribution in [0.2, 0.25) is 0 Å². The third-order valence-electron chi connectivity index (χ3n) is 6.05. The molecular weight excluding hydrogens is 434 g/mol. The van der Waals surface area contributed by atoms with Gasteiger partial charge in [-0.25, -0.2) is 0 Å². The van der Waals surface area contributed by atoms with E-state index in [4.69, 9.17) is 4.74 Å². The number of thioether (sulfide) groups is 1. The molecule has 1 fully saturated rings. The van der Waals surface area contributed by atoms with Gasteiger partial charge in [0.25, 0.3) is 0 Å². The molecule has 33 heavy (non-hydrogen) atoms. The maximum Gasteiger partial charge on any atom is 0.233 e. The molecule has 3 aromatic rings. The molecule has 0 bridgehead atoms. The van der Waals surface area contributed by atoms with Gasteiger partial charge in [0.15, 0.2) is 11.0 Å². The van der Waals surface area contributed by atoms with Crippen LogP contribution in [0, 0.1) is 5.92 Å². The predicted molar refractivity (Wildman–Crippen MR) is 131 cm³/mol. The van der Waals surface area contributed by atoms with Crippen molar-refractivity contribution in [3.05, 3.63) is 48.8 Å². The number of amides is 1. The molecule has 1 aliphatic rings. The third-order valence-corrected chi connectivity index (χ3v) is 7.09. The Morgan fingerprint density at radius 3 is 2.70 bits per heavy atom. The number of ether oxygens (including phenoxy) is 1. The van der Waals surface area contributed by atoms with Crippen LogP contribution in [0.1, 0.15) is 46.5 Å². The van der Waals surface area contributed by atoms with Crippen LogP contribution < -0.4 is 10.1 Å². The van der Waals surface area contributed by atoms with Crippen LogP contribution in [0.15, 0.2) is 53.9 Å². The quantitative estimate of drug-likeness (QED) is 0.476. The smallest absolute Gasteiger partial charge is 0.233 e. The molecule has 3 unspecified atom stereocenters. The summed E-state index contributed by atoms with van der Waals surface area (Å²) in [6.07, 6.45) is 8.15. The Bertz CT molecular complexity index is 1050. The topological polar surface area (TPSA) is 81.9 Å². The Morgan fingerprint density at radius 1 is 1.21 bits per heavy atom. The first-order chi connectivity index (χ1) is 16.1. The minimum absolute atomic E-state index is 0.0444. The zero-order valence-corrected chi connectivity index (χ0v) is 20.2. The van der Waals surface area contributed by atoms with Crippen molar-refractivity contribution in [2.45, 2.75) is 62.9 Å². The van der Waals surface area contributed by atoms with Gasteiger partial charge in [0.2, 0.25) is 5.91 Å². The highest BCUT2D eigenvalue weighted by Crippen LogP contribution is 2.31. The third kappa shape index (κ3) is 5.55. The second kappa shape index (κ2) is 10.8. The summed E-state index contributed by atoms with van der Waals surface area (Å²) < 4.78 is 7.57. The lowest BCUT2D eigenvalue weighted by molar-refractivity contribution is -0.121. The van der Waals surface area contributed by atoms with Gasteiger partial charge in [-0.15, -0.1) is 10.2 Å². The van der Waals surface area contributed by atoms with Gasteiger partial charge in [-0.05, 0) is 69.0 Å². The molecule has 0 radical (unpaired) electrons. The Hall–Kier alpha value is -2.87. The lowest BCUT2D eigenvalue weighted by Gasteiger charge is -2.30. The van der Waals surface area contributed by atoms with Gasteiger partial charge < -0.3 is 10.1 Å². The summed E-state index contributed by atoms with van der Waals surface area (Å²) in [4.78, 5) is 17.2. The van der Waals surface area contributed by atoms with E-state index in [-0.39, 0.29) is 17.2 Å². The molecule has 1 aliphatic carbocycles. The molecule has 1 N–H and O–H groups in total. The molecule has 4 rings (SSSR count). The normalized spacial score (nSPS) is 19.1. The number of nitrogens with zero attached hydrogens (tertiary/aromatic N) is 4. The van der Waals surface area contributed by atoms with Gasteiger partial charge in [-0.2, -0.15) is 0 Å². The summed E-state index contributed by atoms with van der Waals surface area (Å²) in [7, 11) is 0. The van der Waals surface area contributed by atoms with E-state index in [0.717, 1.165) is 23.4 Å². The van der Waals surface area contributed by atoms with Gasteiger partial charge in [0, 0.05) is 29.7 Å². The van der Waals surface area contributed by atoms with Crippen LogP contribution in [0.3, 0.4) is 0 Å². The van der Waals surface area contributed by atoms with E-state index in [9.17, 15) is 4.79 Å². The highest BCUT2D eigenvalue weighted by atomic mass is 32.2. The fraction of sp³-hybridized carbons (Fsp3) is 0.440. The van der Waals surface area contributed by atoms with Crippen LogP contribution in [-0.4, -0.2) is 43.6 Å². The van der Waals surface area contributed by atoms with Crippen molar-refractivity contribution < 1.29 is 9.53 Å². The standard InChI is InChI=1S/C25H31N5O2S/c1-4-32-21-13-11-20(12-14-21)30-23(19-9-7-15-26-16-19)28-29-25(30)33-18(3)24(31)27-22-10-6-5-8-17(22)2/h7,9,11-18,22H,4-6,8,10H2,1-3H3,(H,27,31). The SMILES string of the molecule is CCOc1ccc(-n2c(SC(C)C(=O)NC3CCCCC3C)nnc2-c2cccnc2)cc1. The van der Waals surface area contributed by atoms with Gasteiger partial charge in [0.05, 0.1) is 11.9 Å². The van der Waals surface area contributed by atoms with Gasteiger partial charge in [0.1, 0.15) is 5.75 Å². The number of hydrogen-bond donors (Lipinski definition) is 1. The zero-order valence-electron chi connectivity index (χ0n) is 19.4. The number of carbonyl (C=O) groups excluding carboxylic acids is 1. The first-order valence-electron chi connectivity index (χ1n) is 11.6. The van der Waals surface area contributed by atoms with Crippen molar-refractivity contribution in [1.29, 1.82) is 0 Å². The summed E-state index contributed by atoms with van der Waals surface area (Å²) in [5.74, 6) is 2.05. The summed E-state index contributed by atoms with van der Waals surface area (Å²) in [5, 5.41) is 12.5. The Kier molecular flexibility index (Phi) is 7.65. The van der Waals surface area contributed by atoms with Crippen LogP contribution in [0.4, 0.5) is 0 Å². The van der Waals surface area contributed by atoms with Crippen molar-refractivity contribution in [1.82, 2.24) is 25.1 Å². The summed E-state index contributed by atoms with van der Waals surface area (Å²) in [6.45, 7) is 6.72. The highest BCUT2D eigenvalue weighted by Gasteiger charge is 2.27. The lowest BCUT2D eigenvalue weighted by Crippen LogP contribution is -2.44. The van der Waals surface area contributed by atoms with Crippen molar-refractivity contribution in [3.63, 3.8) is 0 Å². The fourth-order valence-electron chi connectivity index (χ4n) is 4.16. The minimum Gasteiger partial charge on any atom is -0.494 e. The first kappa shape index (κ1) is 23.3. The van der Waals surface area contributed by atoms with Crippen molar-refractivity contribution >= 4 is 17.7 Å². The van der Waals surface area contributed by atoms with Crippen LogP contribution in [0.5, 0.6) is 5.75 Å². The molecule has 1 aromatic carbocycles. The second-order valence-corrected chi connectivity index (χ2v) is 9.76. The average Bonchev–Trinajstić information content (AvgIpc) is 3.25. The molecule has 0 spiro atoms. The van der Waals surface area contributed by atoms with E-state index in [2.05, 4.69) is 27.4 Å². The molecule has 3 atom stereocenters. The summed E-state index contributed by atoms with van der Waals surface area (Å²) in [5.41, 5.74) is 1.76. The predicted octanol–water partition coefficient (Wildman–Crippen LogP) is 4.90. The number of benzene rings is 1. The maximum atomic E-state index is 13.0. The van der Waals surface area contributed by atoms with Crippen molar-refractivity contribution in [2.24, 2.45) is 5.92 Å². The van der Waals surface area contributed by atoms with E-state index < -0.39 is 0 Å². The largest absolute Gasteiger partial charge is 0.494 e. The number of nitrogens with one attached hydrogen (secondary N) is 1. The van der Waals surface area contributed by atoms with E-state index in [1.807, 2.05) is 54.8 Å². The van der Waals surface area contributed by atoms with E-state index in [0.29, 0.717) is 23.5 Å². The van der Waals surface area contributed by atoms with Gasteiger partial charge >= 0.3 is 0 Å². The molecular formula is C25H31N5O2S. The molecule has 0 saturated heterocycles. The number of aromatic nitrogens is 4. The van der Waals surface area contributed by atoms with Gasteiger partial charge in [-0.3, -0.25) is 14.3 Å². The van der Waals surface area contributed by atoms with Gasteiger partial charge in [-0.1, -0.05) is 31.5 Å². The van der Waals surface area contributed by atoms with E-state index in [1.54, 1.807) is 12.4 Å². The molecule has 1 amide bonds. The molecule has 1 saturated carbocycles. The monoisotopic (exact) mass is 465 g/mol.